The maximum absolute atomic E-state index is 13.4. The molecule has 1 atom stereocenters. The molecule has 84 valence electrons. The lowest BCUT2D eigenvalue weighted by atomic mass is 10.1. The summed E-state index contributed by atoms with van der Waals surface area (Å²) in [5.41, 5.74) is 7.38. The van der Waals surface area contributed by atoms with Gasteiger partial charge >= 0.3 is 0 Å². The van der Waals surface area contributed by atoms with Crippen LogP contribution < -0.4 is 5.73 Å². The van der Waals surface area contributed by atoms with E-state index in [-0.39, 0.29) is 11.9 Å². The smallest absolute Gasteiger partial charge is 0.127 e. The second-order valence-electron chi connectivity index (χ2n) is 4.09. The average Bonchev–Trinajstić information content (AvgIpc) is 2.22. The van der Waals surface area contributed by atoms with Gasteiger partial charge in [0, 0.05) is 24.7 Å². The Labute approximate surface area is 90.9 Å². The van der Waals surface area contributed by atoms with E-state index >= 15 is 0 Å². The highest BCUT2D eigenvalue weighted by atomic mass is 19.1. The Bertz CT molecular complexity index is 325. The van der Waals surface area contributed by atoms with Gasteiger partial charge in [-0.25, -0.2) is 4.39 Å². The molecule has 0 amide bonds. The normalized spacial score (nSPS) is 13.2. The van der Waals surface area contributed by atoms with Crippen LogP contribution in [0.1, 0.15) is 18.1 Å². The van der Waals surface area contributed by atoms with Crippen molar-refractivity contribution in [2.24, 2.45) is 5.73 Å². The first-order valence-electron chi connectivity index (χ1n) is 5.20. The molecule has 0 spiro atoms. The Hall–Kier alpha value is -0.930. The highest BCUT2D eigenvalue weighted by Crippen LogP contribution is 2.12. The summed E-state index contributed by atoms with van der Waals surface area (Å²) in [7, 11) is 1.96. The van der Waals surface area contributed by atoms with Gasteiger partial charge in [-0.2, -0.15) is 0 Å². The highest BCUT2D eigenvalue weighted by molar-refractivity contribution is 5.23. The van der Waals surface area contributed by atoms with Gasteiger partial charge in [0.15, 0.2) is 0 Å². The van der Waals surface area contributed by atoms with E-state index in [9.17, 15) is 4.39 Å². The molecular formula is C12H19FN2. The van der Waals surface area contributed by atoms with E-state index in [1.807, 2.05) is 27.0 Å². The van der Waals surface area contributed by atoms with E-state index in [4.69, 9.17) is 5.73 Å². The first-order valence-corrected chi connectivity index (χ1v) is 5.20. The van der Waals surface area contributed by atoms with Crippen molar-refractivity contribution in [3.8, 4) is 0 Å². The summed E-state index contributed by atoms with van der Waals surface area (Å²) in [5.74, 6) is -0.142. The fraction of sp³-hybridized carbons (Fsp3) is 0.500. The molecule has 15 heavy (non-hydrogen) atoms. The Balaban J connectivity index is 2.75. The molecule has 0 aliphatic rings. The number of nitrogens with zero attached hydrogens (tertiary/aromatic N) is 1. The first kappa shape index (κ1) is 12.1. The molecule has 0 aliphatic carbocycles. The second-order valence-corrected chi connectivity index (χ2v) is 4.09. The van der Waals surface area contributed by atoms with Gasteiger partial charge in [-0.05, 0) is 27.0 Å². The maximum atomic E-state index is 13.4. The molecule has 0 fully saturated rings. The Morgan fingerprint density at radius 1 is 1.47 bits per heavy atom. The summed E-state index contributed by atoms with van der Waals surface area (Å²) < 4.78 is 13.4. The largest absolute Gasteiger partial charge is 0.329 e. The third-order valence-corrected chi connectivity index (χ3v) is 2.71. The lowest BCUT2D eigenvalue weighted by Gasteiger charge is -2.23. The molecule has 0 aromatic heterocycles. The monoisotopic (exact) mass is 210 g/mol. The van der Waals surface area contributed by atoms with E-state index in [1.165, 1.54) is 6.07 Å². The van der Waals surface area contributed by atoms with Crippen molar-refractivity contribution < 1.29 is 4.39 Å². The molecule has 0 saturated heterocycles. The summed E-state index contributed by atoms with van der Waals surface area (Å²) in [6.45, 7) is 5.19. The van der Waals surface area contributed by atoms with Gasteiger partial charge in [0.25, 0.3) is 0 Å². The Morgan fingerprint density at radius 3 is 2.73 bits per heavy atom. The fourth-order valence-corrected chi connectivity index (χ4v) is 1.43. The van der Waals surface area contributed by atoms with Crippen molar-refractivity contribution in [2.45, 2.75) is 26.4 Å². The van der Waals surface area contributed by atoms with Gasteiger partial charge in [-0.1, -0.05) is 17.7 Å². The van der Waals surface area contributed by atoms with E-state index in [1.54, 1.807) is 6.07 Å². The molecular weight excluding hydrogens is 191 g/mol. The molecule has 0 bridgehead atoms. The first-order chi connectivity index (χ1) is 7.04. The van der Waals surface area contributed by atoms with Crippen LogP contribution in [0.5, 0.6) is 0 Å². The number of nitrogens with two attached hydrogens (primary N) is 1. The summed E-state index contributed by atoms with van der Waals surface area (Å²) in [6, 6.07) is 5.45. The van der Waals surface area contributed by atoms with Crippen molar-refractivity contribution >= 4 is 0 Å². The molecule has 1 unspecified atom stereocenters. The van der Waals surface area contributed by atoms with Crippen LogP contribution in [0.3, 0.4) is 0 Å². The molecule has 1 rings (SSSR count). The van der Waals surface area contributed by atoms with Crippen molar-refractivity contribution in [1.82, 2.24) is 4.90 Å². The van der Waals surface area contributed by atoms with Gasteiger partial charge in [0.05, 0.1) is 0 Å². The third-order valence-electron chi connectivity index (χ3n) is 2.71. The molecule has 0 saturated carbocycles. The minimum atomic E-state index is -0.142. The number of hydrogen-bond donors (Lipinski definition) is 1. The number of likely N-dealkylation sites (N-methyl/N-ethyl adjacent to an activating group) is 1. The van der Waals surface area contributed by atoms with Crippen LogP contribution >= 0.6 is 0 Å². The van der Waals surface area contributed by atoms with Gasteiger partial charge in [-0.3, -0.25) is 4.90 Å². The number of rotatable bonds is 4. The van der Waals surface area contributed by atoms with E-state index in [0.29, 0.717) is 13.1 Å². The maximum Gasteiger partial charge on any atom is 0.127 e. The van der Waals surface area contributed by atoms with E-state index in [2.05, 4.69) is 4.90 Å². The second kappa shape index (κ2) is 5.24. The third kappa shape index (κ3) is 3.29. The zero-order valence-electron chi connectivity index (χ0n) is 9.63. The zero-order valence-corrected chi connectivity index (χ0v) is 9.63. The summed E-state index contributed by atoms with van der Waals surface area (Å²) in [4.78, 5) is 2.05. The number of hydrogen-bond acceptors (Lipinski definition) is 2. The average molecular weight is 210 g/mol. The Kier molecular flexibility index (Phi) is 4.24. The van der Waals surface area contributed by atoms with Gasteiger partial charge in [0.1, 0.15) is 5.82 Å². The number of halogens is 1. The topological polar surface area (TPSA) is 29.3 Å². The van der Waals surface area contributed by atoms with E-state index < -0.39 is 0 Å². The summed E-state index contributed by atoms with van der Waals surface area (Å²) in [6.07, 6.45) is 0. The number of aryl methyl sites for hydroxylation is 1. The number of benzene rings is 1. The molecule has 2 nitrogen and oxygen atoms in total. The van der Waals surface area contributed by atoms with Crippen molar-refractivity contribution in [3.63, 3.8) is 0 Å². The molecule has 1 aromatic rings. The van der Waals surface area contributed by atoms with Crippen LogP contribution in [0.4, 0.5) is 4.39 Å². The summed E-state index contributed by atoms with van der Waals surface area (Å²) >= 11 is 0. The molecule has 0 heterocycles. The fourth-order valence-electron chi connectivity index (χ4n) is 1.43. The highest BCUT2D eigenvalue weighted by Gasteiger charge is 2.10. The van der Waals surface area contributed by atoms with Gasteiger partial charge in [-0.15, -0.1) is 0 Å². The van der Waals surface area contributed by atoms with Crippen LogP contribution in [-0.4, -0.2) is 24.5 Å². The van der Waals surface area contributed by atoms with Crippen LogP contribution in [0, 0.1) is 12.7 Å². The molecule has 2 N–H and O–H groups in total. The van der Waals surface area contributed by atoms with Crippen LogP contribution in [0.25, 0.3) is 0 Å². The minimum Gasteiger partial charge on any atom is -0.329 e. The van der Waals surface area contributed by atoms with Crippen molar-refractivity contribution in [3.05, 3.63) is 35.1 Å². The molecule has 0 radical (unpaired) electrons. The lowest BCUT2D eigenvalue weighted by molar-refractivity contribution is 0.251. The Morgan fingerprint density at radius 2 is 2.13 bits per heavy atom. The van der Waals surface area contributed by atoms with Crippen LogP contribution in [-0.2, 0) is 6.54 Å². The SMILES string of the molecule is Cc1ccc(F)c(CN(C)C(C)CN)c1. The molecule has 1 aromatic carbocycles. The molecule has 0 aliphatic heterocycles. The van der Waals surface area contributed by atoms with Crippen LogP contribution in [0.15, 0.2) is 18.2 Å². The van der Waals surface area contributed by atoms with Gasteiger partial charge in [0.2, 0.25) is 0 Å². The minimum absolute atomic E-state index is 0.142. The predicted molar refractivity (Wildman–Crippen MR) is 61.1 cm³/mol. The summed E-state index contributed by atoms with van der Waals surface area (Å²) in [5, 5.41) is 0. The lowest BCUT2D eigenvalue weighted by Crippen LogP contribution is -2.34. The van der Waals surface area contributed by atoms with Crippen LogP contribution in [0.2, 0.25) is 0 Å². The quantitative estimate of drug-likeness (QED) is 0.822. The molecule has 3 heteroatoms. The standard InChI is InChI=1S/C12H19FN2/c1-9-4-5-12(13)11(6-9)8-15(3)10(2)7-14/h4-6,10H,7-8,14H2,1-3H3. The van der Waals surface area contributed by atoms with Crippen molar-refractivity contribution in [2.75, 3.05) is 13.6 Å². The zero-order chi connectivity index (χ0) is 11.4. The van der Waals surface area contributed by atoms with E-state index in [0.717, 1.165) is 11.1 Å². The van der Waals surface area contributed by atoms with Crippen molar-refractivity contribution in [1.29, 1.82) is 0 Å². The predicted octanol–water partition coefficient (Wildman–Crippen LogP) is 1.91. The van der Waals surface area contributed by atoms with Gasteiger partial charge < -0.3 is 5.73 Å².